The molecule has 7 rings (SSSR count). The van der Waals surface area contributed by atoms with Crippen LogP contribution in [0.25, 0.3) is 21.6 Å². The maximum absolute atomic E-state index is 14.9. The van der Waals surface area contributed by atoms with Gasteiger partial charge in [-0.3, -0.25) is 14.5 Å². The third kappa shape index (κ3) is 14.7. The highest BCUT2D eigenvalue weighted by atomic mass is 35.5. The van der Waals surface area contributed by atoms with Crippen LogP contribution in [0.2, 0.25) is 5.02 Å². The molecule has 6 N–H and O–H groups in total. The summed E-state index contributed by atoms with van der Waals surface area (Å²) in [7, 11) is 7.08. The fourth-order valence-corrected chi connectivity index (χ4v) is 13.7. The Balaban J connectivity index is 1.08. The predicted octanol–water partition coefficient (Wildman–Crippen LogP) is 8.00. The van der Waals surface area contributed by atoms with Crippen molar-refractivity contribution >= 4 is 40.9 Å². The van der Waals surface area contributed by atoms with Crippen molar-refractivity contribution in [3.8, 4) is 33.1 Å². The van der Waals surface area contributed by atoms with E-state index in [1.165, 1.54) is 25.4 Å². The number of aliphatic hydroxyl groups is 4. The minimum absolute atomic E-state index is 0.0797. The van der Waals surface area contributed by atoms with Crippen LogP contribution in [0.4, 0.5) is 4.79 Å². The number of hydrogen-bond donors (Lipinski definition) is 6. The van der Waals surface area contributed by atoms with Gasteiger partial charge in [-0.15, -0.1) is 11.3 Å². The second-order valence-corrected chi connectivity index (χ2v) is 25.5. The summed E-state index contributed by atoms with van der Waals surface area (Å²) in [5.41, 5.74) is -2.18. The zero-order valence-electron chi connectivity index (χ0n) is 49.6. The minimum atomic E-state index is -1.96. The predicted molar refractivity (Wildman–Crippen MR) is 308 cm³/mol. The Bertz CT molecular complexity index is 2620. The lowest BCUT2D eigenvalue weighted by molar-refractivity contribution is -0.318. The van der Waals surface area contributed by atoms with E-state index in [-0.39, 0.29) is 49.8 Å². The molecule has 5 heterocycles. The Hall–Kier alpha value is -4.00. The number of likely N-dealkylation sites (N-methyl/N-ethyl adjacent to an activating group) is 2. The number of para-hydroxylation sites is 1. The summed E-state index contributed by atoms with van der Waals surface area (Å²) in [6.07, 6.45) is -8.93. The van der Waals surface area contributed by atoms with Gasteiger partial charge in [-0.1, -0.05) is 44.5 Å². The van der Waals surface area contributed by atoms with Crippen LogP contribution in [0.1, 0.15) is 117 Å². The number of benzene rings is 2. The number of halogens is 1. The van der Waals surface area contributed by atoms with Crippen molar-refractivity contribution in [2.45, 2.75) is 198 Å². The molecule has 2 amide bonds. The molecule has 4 aliphatic heterocycles. The van der Waals surface area contributed by atoms with Crippen molar-refractivity contribution in [1.82, 2.24) is 20.4 Å². The molecule has 3 fully saturated rings. The highest BCUT2D eigenvalue weighted by Crippen LogP contribution is 2.51. The Kier molecular flexibility index (Phi) is 21.5. The first-order chi connectivity index (χ1) is 38.1. The first-order valence-corrected chi connectivity index (χ1v) is 29.8. The number of rotatable bonds is 14. The van der Waals surface area contributed by atoms with Gasteiger partial charge in [0, 0.05) is 77.8 Å². The molecule has 4 aliphatic rings. The van der Waals surface area contributed by atoms with E-state index in [0.717, 1.165) is 21.6 Å². The van der Waals surface area contributed by atoms with E-state index in [1.807, 2.05) is 94.2 Å². The molecule has 452 valence electrons. The fraction of sp³-hybridized carbons (Fsp3) is 0.683. The summed E-state index contributed by atoms with van der Waals surface area (Å²) in [5, 5.41) is 54.9. The Morgan fingerprint density at radius 3 is 2.25 bits per heavy atom. The van der Waals surface area contributed by atoms with Crippen LogP contribution in [0.3, 0.4) is 0 Å². The van der Waals surface area contributed by atoms with Gasteiger partial charge in [0.2, 0.25) is 0 Å². The maximum atomic E-state index is 14.9. The molecule has 0 aliphatic carbocycles. The summed E-state index contributed by atoms with van der Waals surface area (Å²) < 4.78 is 50.8. The van der Waals surface area contributed by atoms with Gasteiger partial charge in [-0.2, -0.15) is 0 Å². The molecular weight excluding hydrogens is 1080 g/mol. The molecule has 21 heteroatoms. The second-order valence-electron chi connectivity index (χ2n) is 24.0. The average Bonchev–Trinajstić information content (AvgIpc) is 4.09. The quantitative estimate of drug-likeness (QED) is 0.0518. The number of cyclic esters (lactones) is 1. The summed E-state index contributed by atoms with van der Waals surface area (Å²) in [6.45, 7) is 18.4. The number of esters is 1. The first-order valence-electron chi connectivity index (χ1n) is 28.6. The number of hydrogen-bond acceptors (Lipinski definition) is 18. The van der Waals surface area contributed by atoms with Crippen molar-refractivity contribution in [3.05, 3.63) is 58.4 Å². The van der Waals surface area contributed by atoms with Crippen molar-refractivity contribution in [3.63, 3.8) is 0 Å². The fourth-order valence-electron chi connectivity index (χ4n) is 12.4. The summed E-state index contributed by atoms with van der Waals surface area (Å²) in [6, 6.07) is 14.0. The third-order valence-electron chi connectivity index (χ3n) is 17.1. The molecule has 0 saturated carbocycles. The summed E-state index contributed by atoms with van der Waals surface area (Å²) >= 11 is 7.79. The van der Waals surface area contributed by atoms with Gasteiger partial charge >= 0.3 is 12.1 Å². The molecular formula is C60H89ClN4O15S. The van der Waals surface area contributed by atoms with Crippen LogP contribution in [0.15, 0.2) is 48.5 Å². The maximum Gasteiger partial charge on any atom is 0.407 e. The van der Waals surface area contributed by atoms with E-state index < -0.39 is 102 Å². The molecule has 19 nitrogen and oxygen atoms in total. The van der Waals surface area contributed by atoms with Crippen molar-refractivity contribution < 1.29 is 72.7 Å². The molecule has 81 heavy (non-hydrogen) atoms. The van der Waals surface area contributed by atoms with E-state index in [1.54, 1.807) is 47.6 Å². The number of aliphatic hydroxyl groups excluding tert-OH is 2. The summed E-state index contributed by atoms with van der Waals surface area (Å²) in [5.74, 6) is -1.87. The molecule has 1 aromatic heterocycles. The van der Waals surface area contributed by atoms with E-state index in [4.69, 9.17) is 49.5 Å². The molecule has 3 saturated heterocycles. The lowest BCUT2D eigenvalue weighted by Gasteiger charge is -2.48. The zero-order chi connectivity index (χ0) is 59.5. The number of ether oxygens (including phenoxy) is 8. The monoisotopic (exact) mass is 1170 g/mol. The van der Waals surface area contributed by atoms with Crippen LogP contribution < -0.4 is 15.4 Å². The van der Waals surface area contributed by atoms with Gasteiger partial charge in [0.15, 0.2) is 18.7 Å². The normalized spacial score (nSPS) is 36.1. The van der Waals surface area contributed by atoms with Gasteiger partial charge < -0.3 is 73.9 Å². The number of fused-ring (bicyclic) bond motifs is 5. The van der Waals surface area contributed by atoms with Gasteiger partial charge in [-0.25, -0.2) is 4.79 Å². The second kappa shape index (κ2) is 26.9. The largest absolute Gasteiger partial charge is 0.459 e. The molecule has 0 bridgehead atoms. The van der Waals surface area contributed by atoms with Crippen LogP contribution in [-0.4, -0.2) is 186 Å². The molecule has 0 radical (unpaired) electrons. The Morgan fingerprint density at radius 2 is 1.57 bits per heavy atom. The number of nitrogens with one attached hydrogen (secondary N) is 2. The Labute approximate surface area is 487 Å². The molecule has 1 unspecified atom stereocenters. The number of carbonyl (C=O) groups excluding carboxylic acids is 3. The van der Waals surface area contributed by atoms with E-state index in [0.29, 0.717) is 53.8 Å². The van der Waals surface area contributed by atoms with Gasteiger partial charge in [0.1, 0.15) is 35.4 Å². The van der Waals surface area contributed by atoms with Crippen LogP contribution >= 0.6 is 22.9 Å². The standard InChI is InChI=1S/C60H89ClN4O15S/c1-15-46-60(10,72)53(80-57(70)63-25-19-18-24-62-54(68)45-28-41-40-27-38(61)22-23-44(40)76-43-21-17-16-20-39(43)50(41)81-45)36(6)65(13)31-32(2)29-58(8,71)52(79-56-48(66)42(64(11)12)26-33(3)74-56)34(4)49(35(5)55(69)77-46)78-47-30-59(9,73-14)51(67)37(7)75-47/h16-17,20-23,27-28,32-37,42,46-49,51-53,56,66-67,71-72H,15,18-19,24-26,29-31H2,1-14H3,(H,62,68)(H,63,70)/t32-,33-,34+,35-,36-,37+,42+,46-,47+,48-,49+,51+,52-,53?,56+,58-,59-,60-/m1/s1. The number of amides is 2. The van der Waals surface area contributed by atoms with E-state index in [9.17, 15) is 34.8 Å². The van der Waals surface area contributed by atoms with Crippen LogP contribution in [0, 0.1) is 17.8 Å². The number of alkyl carbamates (subject to hydrolysis) is 1. The topological polar surface area (TPSA) is 237 Å². The van der Waals surface area contributed by atoms with Crippen molar-refractivity contribution in [2.75, 3.05) is 47.9 Å². The summed E-state index contributed by atoms with van der Waals surface area (Å²) in [4.78, 5) is 47.6. The average molecular weight is 1170 g/mol. The highest BCUT2D eigenvalue weighted by Gasteiger charge is 2.53. The SMILES string of the molecule is CC[C@H]1OC(=O)[C@H](C)[C@@H](O[C@H]2C[C@@](C)(OC)[C@@H](O)[C@H](C)O2)[C@H](C)[C@@H](O[C@@H]2O[C@H](C)C[C@H](N(C)C)[C@H]2O)[C@](C)(O)C[C@@H](C)CN(C)[C@H](C)C(OC(=O)NCCCCNC(=O)c2cc3c(s2)-c2ccccc2Oc2ccc(Cl)cc2-3)[C@]1(C)O. The smallest absolute Gasteiger partial charge is 0.407 e. The third-order valence-corrected chi connectivity index (χ3v) is 18.5. The highest BCUT2D eigenvalue weighted by molar-refractivity contribution is 7.18. The lowest BCUT2D eigenvalue weighted by atomic mass is 9.77. The minimum Gasteiger partial charge on any atom is -0.459 e. The number of unbranched alkanes of at least 4 members (excludes halogenated alkanes) is 1. The Morgan fingerprint density at radius 1 is 0.889 bits per heavy atom. The van der Waals surface area contributed by atoms with Gasteiger partial charge in [-0.05, 0) is 144 Å². The van der Waals surface area contributed by atoms with Crippen LogP contribution in [-0.2, 0) is 38.0 Å². The lowest BCUT2D eigenvalue weighted by Crippen LogP contribution is -2.61. The molecule has 2 aromatic carbocycles. The number of methoxy groups -OCH3 is 1. The first kappa shape index (κ1) is 64.6. The molecule has 18 atom stereocenters. The zero-order valence-corrected chi connectivity index (χ0v) is 51.2. The van der Waals surface area contributed by atoms with Gasteiger partial charge in [0.25, 0.3) is 5.91 Å². The van der Waals surface area contributed by atoms with E-state index in [2.05, 4.69) is 10.6 Å². The number of thiophene rings is 1. The van der Waals surface area contributed by atoms with Crippen molar-refractivity contribution in [2.24, 2.45) is 17.8 Å². The molecule has 0 spiro atoms. The number of carbonyl (C=O) groups is 3. The van der Waals surface area contributed by atoms with Crippen LogP contribution in [0.5, 0.6) is 11.5 Å². The van der Waals surface area contributed by atoms with E-state index >= 15 is 0 Å². The van der Waals surface area contributed by atoms with Gasteiger partial charge in [0.05, 0.1) is 46.4 Å². The molecule has 3 aromatic rings. The van der Waals surface area contributed by atoms with Crippen molar-refractivity contribution in [1.29, 1.82) is 0 Å². The number of nitrogens with zero attached hydrogens (tertiary/aromatic N) is 2.